The van der Waals surface area contributed by atoms with E-state index in [-0.39, 0.29) is 17.2 Å². The summed E-state index contributed by atoms with van der Waals surface area (Å²) in [7, 11) is 0. The fourth-order valence-electron chi connectivity index (χ4n) is 1.41. The lowest BCUT2D eigenvalue weighted by molar-refractivity contribution is -0.120. The number of carbonyl (C=O) groups is 1. The molecule has 1 aromatic rings. The van der Waals surface area contributed by atoms with Crippen molar-refractivity contribution in [3.63, 3.8) is 0 Å². The molecule has 0 aliphatic rings. The molecular formula is C12H15ClFNO. The Balaban J connectivity index is 2.61. The second kappa shape index (κ2) is 5.97. The van der Waals surface area contributed by atoms with Crippen LogP contribution in [0.1, 0.15) is 25.3 Å². The Bertz CT molecular complexity index is 381. The van der Waals surface area contributed by atoms with Gasteiger partial charge in [0, 0.05) is 6.42 Å². The first-order chi connectivity index (χ1) is 7.56. The molecule has 16 heavy (non-hydrogen) atoms. The first-order valence-electron chi connectivity index (χ1n) is 5.27. The van der Waals surface area contributed by atoms with E-state index in [1.165, 1.54) is 6.07 Å². The van der Waals surface area contributed by atoms with Crippen LogP contribution in [0.4, 0.5) is 4.39 Å². The van der Waals surface area contributed by atoms with E-state index >= 15 is 0 Å². The third-order valence-electron chi connectivity index (χ3n) is 2.53. The predicted molar refractivity (Wildman–Crippen MR) is 63.0 cm³/mol. The van der Waals surface area contributed by atoms with Crippen molar-refractivity contribution in [1.29, 1.82) is 0 Å². The van der Waals surface area contributed by atoms with E-state index < -0.39 is 11.9 Å². The van der Waals surface area contributed by atoms with Gasteiger partial charge >= 0.3 is 0 Å². The minimum atomic E-state index is -0.443. The van der Waals surface area contributed by atoms with E-state index in [1.54, 1.807) is 12.1 Å². The maximum atomic E-state index is 13.5. The van der Waals surface area contributed by atoms with Crippen LogP contribution in [-0.4, -0.2) is 11.8 Å². The average Bonchev–Trinajstić information content (AvgIpc) is 2.29. The summed E-state index contributed by atoms with van der Waals surface area (Å²) in [4.78, 5) is 11.5. The largest absolute Gasteiger partial charge is 0.322 e. The molecule has 0 unspecified atom stereocenters. The van der Waals surface area contributed by atoms with Crippen LogP contribution in [0.3, 0.4) is 0 Å². The highest BCUT2D eigenvalue weighted by Gasteiger charge is 2.13. The third-order valence-corrected chi connectivity index (χ3v) is 2.82. The molecule has 4 heteroatoms. The first-order valence-corrected chi connectivity index (χ1v) is 5.65. The zero-order valence-corrected chi connectivity index (χ0v) is 9.93. The van der Waals surface area contributed by atoms with Crippen LogP contribution in [0.25, 0.3) is 0 Å². The van der Waals surface area contributed by atoms with E-state index in [2.05, 4.69) is 0 Å². The summed E-state index contributed by atoms with van der Waals surface area (Å²) >= 11 is 5.63. The van der Waals surface area contributed by atoms with Gasteiger partial charge < -0.3 is 5.73 Å². The monoisotopic (exact) mass is 243 g/mol. The second-order valence-corrected chi connectivity index (χ2v) is 4.10. The maximum Gasteiger partial charge on any atom is 0.149 e. The van der Waals surface area contributed by atoms with Crippen LogP contribution >= 0.6 is 11.6 Å². The Morgan fingerprint density at radius 1 is 1.56 bits per heavy atom. The number of rotatable bonds is 5. The van der Waals surface area contributed by atoms with E-state index in [0.717, 1.165) is 0 Å². The number of hydrogen-bond acceptors (Lipinski definition) is 2. The number of Topliss-reactive ketones (excluding diaryl/α,β-unsaturated/α-hetero) is 1. The van der Waals surface area contributed by atoms with Crippen molar-refractivity contribution in [2.45, 2.75) is 32.2 Å². The van der Waals surface area contributed by atoms with Gasteiger partial charge in [0.2, 0.25) is 0 Å². The molecule has 0 aliphatic heterocycles. The Morgan fingerprint density at radius 2 is 2.25 bits per heavy atom. The molecule has 0 saturated heterocycles. The lowest BCUT2D eigenvalue weighted by Gasteiger charge is -2.08. The van der Waals surface area contributed by atoms with E-state index in [0.29, 0.717) is 18.4 Å². The molecule has 1 atom stereocenters. The van der Waals surface area contributed by atoms with Crippen molar-refractivity contribution in [3.8, 4) is 0 Å². The van der Waals surface area contributed by atoms with E-state index in [4.69, 9.17) is 17.3 Å². The van der Waals surface area contributed by atoms with Gasteiger partial charge in [-0.1, -0.05) is 30.7 Å². The molecule has 0 bridgehead atoms. The van der Waals surface area contributed by atoms with Gasteiger partial charge in [0.25, 0.3) is 0 Å². The molecule has 1 rings (SSSR count). The van der Waals surface area contributed by atoms with Gasteiger partial charge in [-0.05, 0) is 24.5 Å². The Labute approximate surface area is 99.6 Å². The summed E-state index contributed by atoms with van der Waals surface area (Å²) in [6.07, 6.45) is 1.21. The minimum absolute atomic E-state index is 0.0399. The standard InChI is InChI=1S/C12H15ClFNO/c1-2-10(15)11(16)7-6-8-4-3-5-9(13)12(8)14/h3-5,10H,2,6-7,15H2,1H3/t10-/m1/s1. The number of ketones is 1. The minimum Gasteiger partial charge on any atom is -0.322 e. The maximum absolute atomic E-state index is 13.5. The average molecular weight is 244 g/mol. The normalized spacial score (nSPS) is 12.5. The molecule has 0 radical (unpaired) electrons. The zero-order chi connectivity index (χ0) is 12.1. The van der Waals surface area contributed by atoms with Gasteiger partial charge in [0.05, 0.1) is 11.1 Å². The molecular weight excluding hydrogens is 229 g/mol. The molecule has 88 valence electrons. The molecule has 2 N–H and O–H groups in total. The van der Waals surface area contributed by atoms with Crippen LogP contribution in [0.5, 0.6) is 0 Å². The quantitative estimate of drug-likeness (QED) is 0.864. The van der Waals surface area contributed by atoms with Crippen LogP contribution in [0.2, 0.25) is 5.02 Å². The van der Waals surface area contributed by atoms with Gasteiger partial charge in [-0.25, -0.2) is 4.39 Å². The van der Waals surface area contributed by atoms with Gasteiger partial charge in [-0.3, -0.25) is 4.79 Å². The lowest BCUT2D eigenvalue weighted by Crippen LogP contribution is -2.29. The summed E-state index contributed by atoms with van der Waals surface area (Å²) in [6, 6.07) is 4.35. The number of carbonyl (C=O) groups excluding carboxylic acids is 1. The Kier molecular flexibility index (Phi) is 4.90. The fourth-order valence-corrected chi connectivity index (χ4v) is 1.61. The highest BCUT2D eigenvalue weighted by molar-refractivity contribution is 6.30. The van der Waals surface area contributed by atoms with Crippen molar-refractivity contribution >= 4 is 17.4 Å². The van der Waals surface area contributed by atoms with Gasteiger partial charge in [-0.15, -0.1) is 0 Å². The van der Waals surface area contributed by atoms with Crippen LogP contribution in [-0.2, 0) is 11.2 Å². The second-order valence-electron chi connectivity index (χ2n) is 3.69. The van der Waals surface area contributed by atoms with Gasteiger partial charge in [0.1, 0.15) is 11.6 Å². The van der Waals surface area contributed by atoms with Crippen molar-refractivity contribution < 1.29 is 9.18 Å². The molecule has 0 amide bonds. The summed E-state index contributed by atoms with van der Waals surface area (Å²) in [5, 5.41) is 0.0877. The number of hydrogen-bond donors (Lipinski definition) is 1. The van der Waals surface area contributed by atoms with Crippen molar-refractivity contribution in [2.75, 3.05) is 0 Å². The van der Waals surface area contributed by atoms with E-state index in [9.17, 15) is 9.18 Å². The van der Waals surface area contributed by atoms with Crippen molar-refractivity contribution in [3.05, 3.63) is 34.6 Å². The topological polar surface area (TPSA) is 43.1 Å². The molecule has 0 fully saturated rings. The molecule has 1 aromatic carbocycles. The highest BCUT2D eigenvalue weighted by atomic mass is 35.5. The number of benzene rings is 1. The molecule has 2 nitrogen and oxygen atoms in total. The smallest absolute Gasteiger partial charge is 0.149 e. The molecule has 0 saturated carbocycles. The predicted octanol–water partition coefficient (Wildman–Crippen LogP) is 2.72. The molecule has 0 heterocycles. The van der Waals surface area contributed by atoms with Gasteiger partial charge in [-0.2, -0.15) is 0 Å². The molecule has 0 aromatic heterocycles. The lowest BCUT2D eigenvalue weighted by atomic mass is 10.0. The van der Waals surface area contributed by atoms with Gasteiger partial charge in [0.15, 0.2) is 0 Å². The highest BCUT2D eigenvalue weighted by Crippen LogP contribution is 2.19. The zero-order valence-electron chi connectivity index (χ0n) is 9.17. The first kappa shape index (κ1) is 13.1. The van der Waals surface area contributed by atoms with E-state index in [1.807, 2.05) is 6.92 Å². The molecule has 0 aliphatic carbocycles. The van der Waals surface area contributed by atoms with Crippen LogP contribution < -0.4 is 5.73 Å². The molecule has 0 spiro atoms. The Morgan fingerprint density at radius 3 is 2.88 bits per heavy atom. The van der Waals surface area contributed by atoms with Crippen molar-refractivity contribution in [1.82, 2.24) is 0 Å². The summed E-state index contributed by atoms with van der Waals surface area (Å²) in [5.74, 6) is -0.482. The summed E-state index contributed by atoms with van der Waals surface area (Å²) < 4.78 is 13.5. The SMILES string of the molecule is CC[C@@H](N)C(=O)CCc1cccc(Cl)c1F. The third kappa shape index (κ3) is 3.29. The number of nitrogens with two attached hydrogens (primary N) is 1. The Hall–Kier alpha value is -0.930. The number of aryl methyl sites for hydroxylation is 1. The van der Waals surface area contributed by atoms with Crippen LogP contribution in [0.15, 0.2) is 18.2 Å². The fraction of sp³-hybridized carbons (Fsp3) is 0.417. The number of halogens is 2. The summed E-state index contributed by atoms with van der Waals surface area (Å²) in [5.41, 5.74) is 6.04. The van der Waals surface area contributed by atoms with Crippen LogP contribution in [0, 0.1) is 5.82 Å². The van der Waals surface area contributed by atoms with Crippen molar-refractivity contribution in [2.24, 2.45) is 5.73 Å². The summed E-state index contributed by atoms with van der Waals surface area (Å²) in [6.45, 7) is 1.85.